The minimum Gasteiger partial charge on any atom is -0.411 e. The van der Waals surface area contributed by atoms with Crippen molar-refractivity contribution in [2.24, 2.45) is 5.16 Å². The van der Waals surface area contributed by atoms with Crippen LogP contribution in [0.2, 0.25) is 0 Å². The summed E-state index contributed by atoms with van der Waals surface area (Å²) in [5.41, 5.74) is 5.58. The largest absolute Gasteiger partial charge is 0.411 e. The summed E-state index contributed by atoms with van der Waals surface area (Å²) >= 11 is 0. The van der Waals surface area contributed by atoms with Crippen LogP contribution in [0.15, 0.2) is 96.2 Å². The van der Waals surface area contributed by atoms with Gasteiger partial charge in [-0.2, -0.15) is 0 Å². The number of aromatic amines is 1. The van der Waals surface area contributed by atoms with E-state index in [0.717, 1.165) is 34.2 Å². The number of nitrogens with zero attached hydrogens (tertiary/aromatic N) is 1. The van der Waals surface area contributed by atoms with Crippen molar-refractivity contribution < 1.29 is 10.0 Å². The number of hydrogen-bond donors (Lipinski definition) is 2. The molecule has 4 aromatic rings. The molecule has 1 aromatic heterocycles. The molecule has 0 unspecified atom stereocenters. The number of nitrogens with one attached hydrogen (secondary N) is 1. The summed E-state index contributed by atoms with van der Waals surface area (Å²) in [6.07, 6.45) is 0.941. The van der Waals surface area contributed by atoms with E-state index in [9.17, 15) is 4.79 Å². The third-order valence-electron chi connectivity index (χ3n) is 4.61. The Bertz CT molecular complexity index is 1120. The van der Waals surface area contributed by atoms with Crippen molar-refractivity contribution in [1.82, 2.24) is 4.98 Å². The van der Waals surface area contributed by atoms with Crippen molar-refractivity contribution in [1.29, 1.82) is 0 Å². The monoisotopic (exact) mass is 366 g/mol. The zero-order valence-electron chi connectivity index (χ0n) is 15.0. The van der Waals surface area contributed by atoms with E-state index in [1.54, 1.807) is 0 Å². The summed E-state index contributed by atoms with van der Waals surface area (Å²) in [7, 11) is 0. The second-order valence-electron chi connectivity index (χ2n) is 6.33. The molecule has 0 atom stereocenters. The number of carbonyl (C=O) groups excluding carboxylic acids is 1. The van der Waals surface area contributed by atoms with Crippen LogP contribution in [-0.4, -0.2) is 22.2 Å². The van der Waals surface area contributed by atoms with Gasteiger partial charge in [-0.05, 0) is 16.7 Å². The number of oxime groups is 1. The molecular formula is C24H18N2O2. The lowest BCUT2D eigenvalue weighted by Crippen LogP contribution is -2.03. The zero-order valence-corrected chi connectivity index (χ0v) is 15.0. The Kier molecular flexibility index (Phi) is 4.85. The minimum absolute atomic E-state index is 0.362. The van der Waals surface area contributed by atoms with Gasteiger partial charge < -0.3 is 10.2 Å². The maximum Gasteiger partial charge on any atom is 0.210 e. The van der Waals surface area contributed by atoms with Crippen LogP contribution >= 0.6 is 0 Å². The van der Waals surface area contributed by atoms with E-state index in [-0.39, 0.29) is 5.78 Å². The third-order valence-corrected chi connectivity index (χ3v) is 4.61. The van der Waals surface area contributed by atoms with E-state index in [4.69, 9.17) is 5.21 Å². The molecule has 1 heterocycles. The predicted molar refractivity (Wildman–Crippen MR) is 112 cm³/mol. The Morgan fingerprint density at radius 3 is 1.68 bits per heavy atom. The van der Waals surface area contributed by atoms with Gasteiger partial charge in [-0.1, -0.05) is 96.2 Å². The van der Waals surface area contributed by atoms with E-state index in [2.05, 4.69) is 10.1 Å². The molecule has 4 rings (SSSR count). The van der Waals surface area contributed by atoms with Crippen LogP contribution in [0.5, 0.6) is 0 Å². The SMILES string of the molecule is O=C(/C=N/O)c1c(-c2ccccc2)[nH]c(-c2ccccc2)c1-c1ccccc1. The van der Waals surface area contributed by atoms with Crippen molar-refractivity contribution in [2.45, 2.75) is 0 Å². The Morgan fingerprint density at radius 2 is 1.18 bits per heavy atom. The maximum atomic E-state index is 12.9. The van der Waals surface area contributed by atoms with Crippen LogP contribution in [0.1, 0.15) is 10.4 Å². The lowest BCUT2D eigenvalue weighted by Gasteiger charge is -2.07. The summed E-state index contributed by atoms with van der Waals surface area (Å²) in [6.45, 7) is 0. The fourth-order valence-electron chi connectivity index (χ4n) is 3.40. The van der Waals surface area contributed by atoms with Crippen molar-refractivity contribution in [3.8, 4) is 33.6 Å². The van der Waals surface area contributed by atoms with E-state index in [1.165, 1.54) is 0 Å². The molecule has 0 aliphatic heterocycles. The summed E-state index contributed by atoms with van der Waals surface area (Å²) < 4.78 is 0. The first kappa shape index (κ1) is 17.5. The van der Waals surface area contributed by atoms with Gasteiger partial charge in [-0.15, -0.1) is 0 Å². The van der Waals surface area contributed by atoms with Crippen molar-refractivity contribution in [3.05, 3.63) is 96.6 Å². The number of rotatable bonds is 5. The predicted octanol–water partition coefficient (Wildman–Crippen LogP) is 5.66. The number of ketones is 1. The van der Waals surface area contributed by atoms with Gasteiger partial charge in [0.25, 0.3) is 0 Å². The molecule has 28 heavy (non-hydrogen) atoms. The molecule has 136 valence electrons. The molecule has 3 aromatic carbocycles. The summed E-state index contributed by atoms with van der Waals surface area (Å²) in [6, 6.07) is 29.3. The minimum atomic E-state index is -0.362. The van der Waals surface area contributed by atoms with Gasteiger partial charge in [0.2, 0.25) is 5.78 Å². The Hall–Kier alpha value is -3.92. The maximum absolute atomic E-state index is 12.9. The Labute approximate surface area is 162 Å². The molecule has 0 aliphatic rings. The number of carbonyl (C=O) groups is 1. The number of aromatic nitrogens is 1. The molecule has 0 spiro atoms. The van der Waals surface area contributed by atoms with E-state index in [0.29, 0.717) is 11.3 Å². The topological polar surface area (TPSA) is 65.4 Å². The summed E-state index contributed by atoms with van der Waals surface area (Å²) in [5.74, 6) is -0.362. The van der Waals surface area contributed by atoms with E-state index < -0.39 is 0 Å². The smallest absolute Gasteiger partial charge is 0.210 e. The van der Waals surface area contributed by atoms with Crippen molar-refractivity contribution in [2.75, 3.05) is 0 Å². The number of benzene rings is 3. The Balaban J connectivity index is 2.08. The second-order valence-corrected chi connectivity index (χ2v) is 6.33. The first-order chi connectivity index (χ1) is 13.8. The Morgan fingerprint density at radius 1 is 0.714 bits per heavy atom. The highest BCUT2D eigenvalue weighted by Gasteiger charge is 2.25. The normalized spacial score (nSPS) is 11.0. The molecule has 0 aliphatic carbocycles. The van der Waals surface area contributed by atoms with Crippen LogP contribution in [0.3, 0.4) is 0 Å². The van der Waals surface area contributed by atoms with Crippen LogP contribution in [-0.2, 0) is 0 Å². The molecule has 4 nitrogen and oxygen atoms in total. The van der Waals surface area contributed by atoms with E-state index >= 15 is 0 Å². The number of hydrogen-bond acceptors (Lipinski definition) is 3. The first-order valence-electron chi connectivity index (χ1n) is 8.93. The average Bonchev–Trinajstić information content (AvgIpc) is 3.17. The molecule has 0 radical (unpaired) electrons. The fourth-order valence-corrected chi connectivity index (χ4v) is 3.40. The van der Waals surface area contributed by atoms with Gasteiger partial charge in [0.1, 0.15) is 6.21 Å². The van der Waals surface area contributed by atoms with E-state index in [1.807, 2.05) is 91.0 Å². The quantitative estimate of drug-likeness (QED) is 0.207. The molecule has 0 bridgehead atoms. The van der Waals surface area contributed by atoms with Crippen LogP contribution in [0, 0.1) is 0 Å². The molecule has 4 heteroatoms. The van der Waals surface area contributed by atoms with Crippen molar-refractivity contribution in [3.63, 3.8) is 0 Å². The molecule has 0 saturated heterocycles. The lowest BCUT2D eigenvalue weighted by molar-refractivity contribution is 0.106. The summed E-state index contributed by atoms with van der Waals surface area (Å²) in [4.78, 5) is 16.4. The molecular weight excluding hydrogens is 348 g/mol. The molecule has 0 amide bonds. The molecule has 0 fully saturated rings. The van der Waals surface area contributed by atoms with Crippen LogP contribution in [0.4, 0.5) is 0 Å². The van der Waals surface area contributed by atoms with Gasteiger partial charge in [0.15, 0.2) is 0 Å². The standard InChI is InChI=1S/C24H18N2O2/c27-20(16-25-28)22-21(17-10-4-1-5-11-17)23(18-12-6-2-7-13-18)26-24(22)19-14-8-3-9-15-19/h1-16,26,28H/b25-16+. The molecule has 0 saturated carbocycles. The van der Waals surface area contributed by atoms with Gasteiger partial charge in [0, 0.05) is 5.56 Å². The molecule has 2 N–H and O–H groups in total. The third kappa shape index (κ3) is 3.23. The van der Waals surface area contributed by atoms with Crippen LogP contribution in [0.25, 0.3) is 33.6 Å². The van der Waals surface area contributed by atoms with Gasteiger partial charge >= 0.3 is 0 Å². The summed E-state index contributed by atoms with van der Waals surface area (Å²) in [5, 5.41) is 12.0. The lowest BCUT2D eigenvalue weighted by atomic mass is 9.93. The number of H-pyrrole nitrogens is 1. The van der Waals surface area contributed by atoms with Gasteiger partial charge in [0.05, 0.1) is 17.0 Å². The first-order valence-corrected chi connectivity index (χ1v) is 8.93. The highest BCUT2D eigenvalue weighted by Crippen LogP contribution is 2.40. The number of Topliss-reactive ketones (excluding diaryl/α,β-unsaturated/α-hetero) is 1. The zero-order chi connectivity index (χ0) is 19.3. The van der Waals surface area contributed by atoms with Gasteiger partial charge in [-0.25, -0.2) is 0 Å². The highest BCUT2D eigenvalue weighted by molar-refractivity contribution is 6.39. The second kappa shape index (κ2) is 7.76. The van der Waals surface area contributed by atoms with Gasteiger partial charge in [-0.3, -0.25) is 4.79 Å². The fraction of sp³-hybridized carbons (Fsp3) is 0. The average molecular weight is 366 g/mol. The highest BCUT2D eigenvalue weighted by atomic mass is 16.4. The van der Waals surface area contributed by atoms with Crippen molar-refractivity contribution >= 4 is 12.0 Å². The van der Waals surface area contributed by atoms with Crippen LogP contribution < -0.4 is 0 Å².